The van der Waals surface area contributed by atoms with Gasteiger partial charge in [-0.2, -0.15) is 0 Å². The van der Waals surface area contributed by atoms with Crippen molar-refractivity contribution >= 4 is 5.91 Å². The second-order valence-corrected chi connectivity index (χ2v) is 7.14. The van der Waals surface area contributed by atoms with E-state index in [1.54, 1.807) is 12.4 Å². The van der Waals surface area contributed by atoms with Gasteiger partial charge < -0.3 is 9.47 Å². The zero-order chi connectivity index (χ0) is 16.5. The maximum absolute atomic E-state index is 12.7. The zero-order valence-corrected chi connectivity index (χ0v) is 14.2. The van der Waals surface area contributed by atoms with Crippen LogP contribution < -0.4 is 0 Å². The first-order valence-corrected chi connectivity index (χ1v) is 8.93. The van der Waals surface area contributed by atoms with E-state index in [1.807, 2.05) is 23.2 Å². The number of aromatic nitrogens is 3. The third-order valence-corrected chi connectivity index (χ3v) is 5.18. The van der Waals surface area contributed by atoms with Crippen LogP contribution in [0.5, 0.6) is 0 Å². The number of nitrogens with zero attached hydrogens (tertiary/aromatic N) is 4. The molecule has 1 atom stereocenters. The number of pyridine rings is 1. The smallest absolute Gasteiger partial charge is 0.255 e. The molecule has 0 N–H and O–H groups in total. The monoisotopic (exact) mass is 324 g/mol. The first-order valence-electron chi connectivity index (χ1n) is 8.93. The van der Waals surface area contributed by atoms with Gasteiger partial charge in [-0.15, -0.1) is 0 Å². The second kappa shape index (κ2) is 6.38. The summed E-state index contributed by atoms with van der Waals surface area (Å²) in [5.41, 5.74) is 1.93. The van der Waals surface area contributed by atoms with Crippen molar-refractivity contribution in [2.75, 3.05) is 13.1 Å². The minimum Gasteiger partial charge on any atom is -0.338 e. The molecule has 5 nitrogen and oxygen atoms in total. The summed E-state index contributed by atoms with van der Waals surface area (Å²) >= 11 is 0. The summed E-state index contributed by atoms with van der Waals surface area (Å²) in [4.78, 5) is 23.4. The van der Waals surface area contributed by atoms with Gasteiger partial charge in [0.25, 0.3) is 5.91 Å². The maximum atomic E-state index is 12.7. The van der Waals surface area contributed by atoms with Crippen molar-refractivity contribution in [3.05, 3.63) is 47.8 Å². The lowest BCUT2D eigenvalue weighted by atomic mass is 9.97. The number of hydrogen-bond donors (Lipinski definition) is 0. The highest BCUT2D eigenvalue weighted by Gasteiger charge is 2.31. The van der Waals surface area contributed by atoms with E-state index < -0.39 is 0 Å². The summed E-state index contributed by atoms with van der Waals surface area (Å²) in [6, 6.07) is 3.68. The van der Waals surface area contributed by atoms with Crippen LogP contribution in [0.25, 0.3) is 0 Å². The molecule has 5 heteroatoms. The molecule has 2 aliphatic rings. The molecule has 4 rings (SSSR count). The van der Waals surface area contributed by atoms with Gasteiger partial charge in [0.1, 0.15) is 5.82 Å². The summed E-state index contributed by atoms with van der Waals surface area (Å²) in [7, 11) is 0. The van der Waals surface area contributed by atoms with E-state index in [1.165, 1.54) is 30.8 Å². The number of hydrogen-bond acceptors (Lipinski definition) is 3. The van der Waals surface area contributed by atoms with Crippen LogP contribution in [0.1, 0.15) is 53.5 Å². The van der Waals surface area contributed by atoms with E-state index in [4.69, 9.17) is 0 Å². The lowest BCUT2D eigenvalue weighted by molar-refractivity contribution is 0.0661. The number of amides is 1. The summed E-state index contributed by atoms with van der Waals surface area (Å²) in [5, 5.41) is 0. The number of piperidine rings is 1. The Labute approximate surface area is 142 Å². The van der Waals surface area contributed by atoms with E-state index in [9.17, 15) is 4.79 Å². The van der Waals surface area contributed by atoms with Gasteiger partial charge in [0.05, 0.1) is 5.56 Å². The Balaban J connectivity index is 1.46. The zero-order valence-electron chi connectivity index (χ0n) is 14.2. The van der Waals surface area contributed by atoms with Crippen LogP contribution in [0, 0.1) is 12.8 Å². The molecular weight excluding hydrogens is 300 g/mol. The largest absolute Gasteiger partial charge is 0.338 e. The SMILES string of the molecule is Cc1cnc(C2CC2)n1CC1CCCN(C(=O)c2cccnc2)C1. The Hall–Kier alpha value is -2.17. The number of imidazole rings is 1. The molecule has 1 saturated heterocycles. The molecule has 0 radical (unpaired) electrons. The van der Waals surface area contributed by atoms with E-state index in [-0.39, 0.29) is 5.91 Å². The Morgan fingerprint density at radius 1 is 1.29 bits per heavy atom. The Bertz CT molecular complexity index is 720. The third kappa shape index (κ3) is 3.07. The van der Waals surface area contributed by atoms with Crippen LogP contribution in [-0.2, 0) is 6.54 Å². The van der Waals surface area contributed by atoms with Crippen molar-refractivity contribution in [1.29, 1.82) is 0 Å². The van der Waals surface area contributed by atoms with Crippen molar-refractivity contribution < 1.29 is 4.79 Å². The van der Waals surface area contributed by atoms with Crippen LogP contribution in [0.3, 0.4) is 0 Å². The maximum Gasteiger partial charge on any atom is 0.255 e. The van der Waals surface area contributed by atoms with Gasteiger partial charge in [-0.05, 0) is 50.7 Å². The van der Waals surface area contributed by atoms with Gasteiger partial charge in [0, 0.05) is 49.8 Å². The van der Waals surface area contributed by atoms with Crippen LogP contribution in [0.2, 0.25) is 0 Å². The van der Waals surface area contributed by atoms with Crippen LogP contribution in [0.4, 0.5) is 0 Å². The average Bonchev–Trinajstić information content (AvgIpc) is 3.40. The molecule has 1 saturated carbocycles. The van der Waals surface area contributed by atoms with Crippen molar-refractivity contribution in [2.24, 2.45) is 5.92 Å². The molecule has 24 heavy (non-hydrogen) atoms. The number of likely N-dealkylation sites (tertiary alicyclic amines) is 1. The summed E-state index contributed by atoms with van der Waals surface area (Å²) in [6.07, 6.45) is 10.2. The molecule has 0 spiro atoms. The Kier molecular flexibility index (Phi) is 4.08. The highest BCUT2D eigenvalue weighted by Crippen LogP contribution is 2.40. The van der Waals surface area contributed by atoms with Gasteiger partial charge in [-0.3, -0.25) is 9.78 Å². The van der Waals surface area contributed by atoms with Crippen molar-refractivity contribution in [2.45, 2.75) is 45.1 Å². The molecule has 1 amide bonds. The minimum absolute atomic E-state index is 0.109. The Morgan fingerprint density at radius 2 is 2.17 bits per heavy atom. The fraction of sp³-hybridized carbons (Fsp3) is 0.526. The van der Waals surface area contributed by atoms with Gasteiger partial charge in [0.15, 0.2) is 0 Å². The van der Waals surface area contributed by atoms with E-state index in [2.05, 4.69) is 21.5 Å². The third-order valence-electron chi connectivity index (χ3n) is 5.18. The molecule has 1 aliphatic carbocycles. The molecular formula is C19H24N4O. The molecule has 1 aliphatic heterocycles. The van der Waals surface area contributed by atoms with E-state index in [0.717, 1.165) is 26.1 Å². The fourth-order valence-corrected chi connectivity index (χ4v) is 3.71. The summed E-state index contributed by atoms with van der Waals surface area (Å²) in [6.45, 7) is 4.80. The molecule has 0 bridgehead atoms. The first kappa shape index (κ1) is 15.4. The second-order valence-electron chi connectivity index (χ2n) is 7.14. The van der Waals surface area contributed by atoms with Gasteiger partial charge in [0.2, 0.25) is 0 Å². The van der Waals surface area contributed by atoms with E-state index in [0.29, 0.717) is 17.4 Å². The highest BCUT2D eigenvalue weighted by atomic mass is 16.2. The lowest BCUT2D eigenvalue weighted by Crippen LogP contribution is -2.41. The normalized spacial score (nSPS) is 21.0. The topological polar surface area (TPSA) is 51.0 Å². The Morgan fingerprint density at radius 3 is 2.92 bits per heavy atom. The van der Waals surface area contributed by atoms with Gasteiger partial charge >= 0.3 is 0 Å². The predicted molar refractivity (Wildman–Crippen MR) is 91.8 cm³/mol. The quantitative estimate of drug-likeness (QED) is 0.868. The fourth-order valence-electron chi connectivity index (χ4n) is 3.71. The molecule has 2 aromatic heterocycles. The van der Waals surface area contributed by atoms with Crippen LogP contribution in [-0.4, -0.2) is 38.4 Å². The van der Waals surface area contributed by atoms with Crippen LogP contribution >= 0.6 is 0 Å². The predicted octanol–water partition coefficient (Wildman–Crippen LogP) is 3.02. The van der Waals surface area contributed by atoms with Crippen molar-refractivity contribution in [3.63, 3.8) is 0 Å². The van der Waals surface area contributed by atoms with Crippen molar-refractivity contribution in [1.82, 2.24) is 19.4 Å². The minimum atomic E-state index is 0.109. The van der Waals surface area contributed by atoms with Crippen LogP contribution in [0.15, 0.2) is 30.7 Å². The molecule has 1 unspecified atom stereocenters. The molecule has 2 fully saturated rings. The molecule has 0 aromatic carbocycles. The number of aryl methyl sites for hydroxylation is 1. The number of carbonyl (C=O) groups excluding carboxylic acids is 1. The molecule has 3 heterocycles. The highest BCUT2D eigenvalue weighted by molar-refractivity contribution is 5.93. The average molecular weight is 324 g/mol. The van der Waals surface area contributed by atoms with Crippen molar-refractivity contribution in [3.8, 4) is 0 Å². The number of rotatable bonds is 4. The summed E-state index contributed by atoms with van der Waals surface area (Å²) < 4.78 is 2.39. The standard InChI is InChI=1S/C19H24N4O/c1-14-10-21-18(16-6-7-16)23(14)13-15-4-3-9-22(12-15)19(24)17-5-2-8-20-11-17/h2,5,8,10-11,15-16H,3-4,6-7,9,12-13H2,1H3. The number of carbonyl (C=O) groups is 1. The summed E-state index contributed by atoms with van der Waals surface area (Å²) in [5.74, 6) is 2.53. The lowest BCUT2D eigenvalue weighted by Gasteiger charge is -2.33. The van der Waals surface area contributed by atoms with Gasteiger partial charge in [-0.1, -0.05) is 0 Å². The molecule has 2 aromatic rings. The molecule has 126 valence electrons. The first-order chi connectivity index (χ1) is 11.7. The van der Waals surface area contributed by atoms with E-state index >= 15 is 0 Å². The van der Waals surface area contributed by atoms with Gasteiger partial charge in [-0.25, -0.2) is 4.98 Å².